The number of halogens is 1. The number of nitrogens with zero attached hydrogens (tertiary/aromatic N) is 3. The summed E-state index contributed by atoms with van der Waals surface area (Å²) in [6, 6.07) is 16.0. The third-order valence-electron chi connectivity index (χ3n) is 5.59. The molecule has 0 aliphatic carbocycles. The fourth-order valence-electron chi connectivity index (χ4n) is 3.91. The molecule has 0 radical (unpaired) electrons. The Morgan fingerprint density at radius 3 is 2.52 bits per heavy atom. The van der Waals surface area contributed by atoms with E-state index in [4.69, 9.17) is 11.6 Å². The molecule has 6 nitrogen and oxygen atoms in total. The summed E-state index contributed by atoms with van der Waals surface area (Å²) in [5.74, 6) is -0.689. The topological polar surface area (TPSA) is 86.5 Å². The number of benzene rings is 2. The van der Waals surface area contributed by atoms with E-state index in [1.807, 2.05) is 18.2 Å². The van der Waals surface area contributed by atoms with Crippen molar-refractivity contribution in [2.45, 2.75) is 18.3 Å². The standard InChI is InChI=1S/C22H20ClN3O3/c23-16-5-3-4-15(12-16)22(21(28)29)8-10-26(11-9-22)17-13-19(25-24-14-17)18-6-1-2-7-20(18)27/h1-7,12-14,27H,8-11H2,(H,28,29). The Balaban J connectivity index is 1.59. The lowest BCUT2D eigenvalue weighted by Crippen LogP contribution is -2.47. The Hall–Kier alpha value is -3.12. The van der Waals surface area contributed by atoms with Gasteiger partial charge in [-0.1, -0.05) is 35.9 Å². The van der Waals surface area contributed by atoms with Crippen LogP contribution in [0.15, 0.2) is 60.8 Å². The van der Waals surface area contributed by atoms with Gasteiger partial charge < -0.3 is 15.1 Å². The predicted octanol–water partition coefficient (Wildman–Crippen LogP) is 4.13. The maximum Gasteiger partial charge on any atom is 0.314 e. The van der Waals surface area contributed by atoms with Crippen molar-refractivity contribution in [2.75, 3.05) is 18.0 Å². The first-order chi connectivity index (χ1) is 14.0. The highest BCUT2D eigenvalue weighted by Gasteiger charge is 2.43. The second-order valence-corrected chi connectivity index (χ2v) is 7.64. The molecule has 1 aliphatic rings. The van der Waals surface area contributed by atoms with Crippen molar-refractivity contribution in [2.24, 2.45) is 0 Å². The summed E-state index contributed by atoms with van der Waals surface area (Å²) in [7, 11) is 0. The number of para-hydroxylation sites is 1. The molecule has 0 atom stereocenters. The SMILES string of the molecule is O=C(O)C1(c2cccc(Cl)c2)CCN(c2cnnc(-c3ccccc3O)c2)CC1. The zero-order valence-corrected chi connectivity index (χ0v) is 16.4. The monoisotopic (exact) mass is 409 g/mol. The van der Waals surface area contributed by atoms with Gasteiger partial charge in [-0.15, -0.1) is 0 Å². The van der Waals surface area contributed by atoms with Gasteiger partial charge in [0.2, 0.25) is 0 Å². The van der Waals surface area contributed by atoms with Crippen molar-refractivity contribution >= 4 is 23.3 Å². The Morgan fingerprint density at radius 2 is 1.83 bits per heavy atom. The molecule has 148 valence electrons. The van der Waals surface area contributed by atoms with Gasteiger partial charge in [0.1, 0.15) is 5.75 Å². The maximum absolute atomic E-state index is 12.2. The van der Waals surface area contributed by atoms with Crippen molar-refractivity contribution < 1.29 is 15.0 Å². The van der Waals surface area contributed by atoms with Crippen molar-refractivity contribution in [3.63, 3.8) is 0 Å². The van der Waals surface area contributed by atoms with Gasteiger partial charge in [-0.2, -0.15) is 10.2 Å². The van der Waals surface area contributed by atoms with Gasteiger partial charge in [0.05, 0.1) is 23.0 Å². The lowest BCUT2D eigenvalue weighted by Gasteiger charge is -2.40. The summed E-state index contributed by atoms with van der Waals surface area (Å²) in [6.45, 7) is 1.12. The van der Waals surface area contributed by atoms with Crippen LogP contribution in [0.4, 0.5) is 5.69 Å². The number of carboxylic acid groups (broad SMARTS) is 1. The number of aromatic nitrogens is 2. The second kappa shape index (κ2) is 7.72. The normalized spacial score (nSPS) is 15.8. The first kappa shape index (κ1) is 19.2. The van der Waals surface area contributed by atoms with Gasteiger partial charge in [-0.3, -0.25) is 4.79 Å². The number of carbonyl (C=O) groups is 1. The lowest BCUT2D eigenvalue weighted by molar-refractivity contribution is -0.144. The van der Waals surface area contributed by atoms with Crippen molar-refractivity contribution in [3.05, 3.63) is 71.4 Å². The van der Waals surface area contributed by atoms with Crippen LogP contribution in [-0.4, -0.2) is 39.5 Å². The van der Waals surface area contributed by atoms with E-state index in [0.29, 0.717) is 42.2 Å². The summed E-state index contributed by atoms with van der Waals surface area (Å²) >= 11 is 6.10. The third-order valence-corrected chi connectivity index (χ3v) is 5.82. The van der Waals surface area contributed by atoms with E-state index in [9.17, 15) is 15.0 Å². The largest absolute Gasteiger partial charge is 0.507 e. The van der Waals surface area contributed by atoms with Crippen LogP contribution in [0, 0.1) is 0 Å². The van der Waals surface area contributed by atoms with E-state index in [-0.39, 0.29) is 5.75 Å². The molecule has 0 saturated carbocycles. The molecular weight excluding hydrogens is 390 g/mol. The highest BCUT2D eigenvalue weighted by atomic mass is 35.5. The van der Waals surface area contributed by atoms with E-state index >= 15 is 0 Å². The highest BCUT2D eigenvalue weighted by molar-refractivity contribution is 6.30. The fourth-order valence-corrected chi connectivity index (χ4v) is 4.10. The quantitative estimate of drug-likeness (QED) is 0.673. The van der Waals surface area contributed by atoms with E-state index in [1.54, 1.807) is 42.6 Å². The minimum Gasteiger partial charge on any atom is -0.507 e. The van der Waals surface area contributed by atoms with Crippen LogP contribution >= 0.6 is 11.6 Å². The predicted molar refractivity (Wildman–Crippen MR) is 111 cm³/mol. The van der Waals surface area contributed by atoms with Crippen LogP contribution in [0.25, 0.3) is 11.3 Å². The molecular formula is C22H20ClN3O3. The van der Waals surface area contributed by atoms with E-state index in [2.05, 4.69) is 15.1 Å². The number of piperidine rings is 1. The second-order valence-electron chi connectivity index (χ2n) is 7.20. The molecule has 1 aromatic heterocycles. The van der Waals surface area contributed by atoms with E-state index in [0.717, 1.165) is 11.3 Å². The van der Waals surface area contributed by atoms with Crippen molar-refractivity contribution in [3.8, 4) is 17.0 Å². The van der Waals surface area contributed by atoms with Crippen LogP contribution in [0.5, 0.6) is 5.75 Å². The highest BCUT2D eigenvalue weighted by Crippen LogP contribution is 2.38. The zero-order valence-electron chi connectivity index (χ0n) is 15.6. The molecule has 0 unspecified atom stereocenters. The number of hydrogen-bond acceptors (Lipinski definition) is 5. The van der Waals surface area contributed by atoms with Crippen LogP contribution < -0.4 is 4.90 Å². The number of rotatable bonds is 4. The summed E-state index contributed by atoms with van der Waals surface area (Å²) in [4.78, 5) is 14.3. The average Bonchev–Trinajstić information content (AvgIpc) is 2.74. The number of aromatic hydroxyl groups is 1. The number of phenols is 1. The fraction of sp³-hybridized carbons (Fsp3) is 0.227. The Morgan fingerprint density at radius 1 is 1.07 bits per heavy atom. The summed E-state index contributed by atoms with van der Waals surface area (Å²) in [6.07, 6.45) is 2.57. The van der Waals surface area contributed by atoms with E-state index in [1.165, 1.54) is 0 Å². The lowest BCUT2D eigenvalue weighted by atomic mass is 9.72. The maximum atomic E-state index is 12.2. The Bertz CT molecular complexity index is 1050. The molecule has 7 heteroatoms. The van der Waals surface area contributed by atoms with Crippen molar-refractivity contribution in [1.29, 1.82) is 0 Å². The third kappa shape index (κ3) is 3.63. The average molecular weight is 410 g/mol. The van der Waals surface area contributed by atoms with Gasteiger partial charge >= 0.3 is 5.97 Å². The molecule has 3 aromatic rings. The number of aliphatic carboxylic acids is 1. The first-order valence-electron chi connectivity index (χ1n) is 9.35. The molecule has 29 heavy (non-hydrogen) atoms. The first-order valence-corrected chi connectivity index (χ1v) is 9.73. The van der Waals surface area contributed by atoms with Crippen LogP contribution in [0.3, 0.4) is 0 Å². The van der Waals surface area contributed by atoms with Gasteiger partial charge in [0.15, 0.2) is 0 Å². The zero-order chi connectivity index (χ0) is 20.4. The molecule has 1 aliphatic heterocycles. The molecule has 1 saturated heterocycles. The number of hydrogen-bond donors (Lipinski definition) is 2. The summed E-state index contributed by atoms with van der Waals surface area (Å²) in [5, 5.41) is 28.8. The Kier molecular flexibility index (Phi) is 5.11. The molecule has 2 aromatic carbocycles. The molecule has 0 bridgehead atoms. The minimum absolute atomic E-state index is 0.142. The Labute approximate surface area is 173 Å². The van der Waals surface area contributed by atoms with Crippen molar-refractivity contribution in [1.82, 2.24) is 10.2 Å². The molecule has 2 heterocycles. The molecule has 4 rings (SSSR count). The van der Waals surface area contributed by atoms with Gasteiger partial charge in [0, 0.05) is 23.7 Å². The molecule has 0 amide bonds. The van der Waals surface area contributed by atoms with Crippen LogP contribution in [0.1, 0.15) is 18.4 Å². The van der Waals surface area contributed by atoms with Crippen LogP contribution in [-0.2, 0) is 10.2 Å². The summed E-state index contributed by atoms with van der Waals surface area (Å²) in [5.41, 5.74) is 1.81. The number of anilines is 1. The molecule has 2 N–H and O–H groups in total. The van der Waals surface area contributed by atoms with E-state index < -0.39 is 11.4 Å². The van der Waals surface area contributed by atoms with Crippen LogP contribution in [0.2, 0.25) is 5.02 Å². The van der Waals surface area contributed by atoms with Gasteiger partial charge in [-0.25, -0.2) is 0 Å². The molecule has 1 fully saturated rings. The molecule has 0 spiro atoms. The minimum atomic E-state index is -0.956. The van der Waals surface area contributed by atoms with Gasteiger partial charge in [-0.05, 0) is 48.7 Å². The summed E-state index contributed by atoms with van der Waals surface area (Å²) < 4.78 is 0. The van der Waals surface area contributed by atoms with Gasteiger partial charge in [0.25, 0.3) is 0 Å². The number of carboxylic acids is 1. The number of phenolic OH excluding ortho intramolecular Hbond substituents is 1. The smallest absolute Gasteiger partial charge is 0.314 e.